The van der Waals surface area contributed by atoms with Gasteiger partial charge in [0, 0.05) is 31.0 Å². The van der Waals surface area contributed by atoms with Gasteiger partial charge in [-0.2, -0.15) is 0 Å². The molecule has 2 amide bonds. The largest absolute Gasteiger partial charge is 0.454 e. The third-order valence-electron chi connectivity index (χ3n) is 4.10. The van der Waals surface area contributed by atoms with E-state index in [4.69, 9.17) is 4.74 Å². The summed E-state index contributed by atoms with van der Waals surface area (Å²) in [5, 5.41) is 5.55. The van der Waals surface area contributed by atoms with Crippen molar-refractivity contribution in [2.24, 2.45) is 5.92 Å². The van der Waals surface area contributed by atoms with E-state index in [1.807, 2.05) is 12.1 Å². The molecule has 1 aliphatic heterocycles. The Labute approximate surface area is 145 Å². The van der Waals surface area contributed by atoms with Crippen molar-refractivity contribution in [1.82, 2.24) is 10.6 Å². The fourth-order valence-electron chi connectivity index (χ4n) is 2.73. The average molecular weight is 342 g/mol. The van der Waals surface area contributed by atoms with Crippen LogP contribution in [0.1, 0.15) is 18.4 Å². The number of piperidine rings is 1. The van der Waals surface area contributed by atoms with Crippen molar-refractivity contribution in [2.45, 2.75) is 19.4 Å². The predicted molar refractivity (Wildman–Crippen MR) is 90.5 cm³/mol. The smallest absolute Gasteiger partial charge is 0.223 e. The molecule has 0 radical (unpaired) electrons. The zero-order valence-corrected chi connectivity index (χ0v) is 13.6. The first-order valence-electron chi connectivity index (χ1n) is 8.18. The van der Waals surface area contributed by atoms with Crippen molar-refractivity contribution in [3.63, 3.8) is 0 Å². The van der Waals surface area contributed by atoms with Crippen LogP contribution < -0.4 is 15.4 Å². The summed E-state index contributed by atoms with van der Waals surface area (Å²) >= 11 is 0. The number of hydrogen-bond donors (Lipinski definition) is 2. The Kier molecular flexibility index (Phi) is 5.28. The number of benzene rings is 2. The van der Waals surface area contributed by atoms with Crippen LogP contribution >= 0.6 is 0 Å². The number of halogens is 1. The van der Waals surface area contributed by atoms with Gasteiger partial charge >= 0.3 is 0 Å². The lowest BCUT2D eigenvalue weighted by atomic mass is 9.96. The molecule has 0 saturated carbocycles. The lowest BCUT2D eigenvalue weighted by molar-refractivity contribution is -0.132. The predicted octanol–water partition coefficient (Wildman–Crippen LogP) is 2.76. The van der Waals surface area contributed by atoms with Crippen LogP contribution in [0.25, 0.3) is 0 Å². The summed E-state index contributed by atoms with van der Waals surface area (Å²) in [6, 6.07) is 13.3. The van der Waals surface area contributed by atoms with Crippen LogP contribution in [0.4, 0.5) is 4.39 Å². The first kappa shape index (κ1) is 17.0. The van der Waals surface area contributed by atoms with Crippen molar-refractivity contribution in [1.29, 1.82) is 0 Å². The molecule has 2 aromatic rings. The molecule has 25 heavy (non-hydrogen) atoms. The Balaban J connectivity index is 1.66. The monoisotopic (exact) mass is 342 g/mol. The zero-order chi connectivity index (χ0) is 17.6. The van der Waals surface area contributed by atoms with Gasteiger partial charge in [-0.3, -0.25) is 9.59 Å². The van der Waals surface area contributed by atoms with E-state index < -0.39 is 5.82 Å². The van der Waals surface area contributed by atoms with Crippen LogP contribution in [0, 0.1) is 11.7 Å². The highest BCUT2D eigenvalue weighted by Gasteiger charge is 2.25. The van der Waals surface area contributed by atoms with E-state index in [2.05, 4.69) is 10.6 Å². The number of amides is 2. The van der Waals surface area contributed by atoms with E-state index >= 15 is 0 Å². The van der Waals surface area contributed by atoms with Gasteiger partial charge < -0.3 is 15.4 Å². The standard InChI is InChI=1S/C19H19FN2O3/c20-15-6-2-4-8-17(15)25-16-7-3-1-5-14(16)12-22-19(24)13-9-10-21-18(23)11-13/h1-8,13H,9-12H2,(H,21,23)(H,22,24)/t13-/m0/s1. The summed E-state index contributed by atoms with van der Waals surface area (Å²) in [5.74, 6) is -0.410. The van der Waals surface area contributed by atoms with Gasteiger partial charge in [-0.05, 0) is 24.6 Å². The number of hydrogen-bond acceptors (Lipinski definition) is 3. The van der Waals surface area contributed by atoms with Crippen LogP contribution in [0.2, 0.25) is 0 Å². The second-order valence-electron chi connectivity index (χ2n) is 5.90. The molecule has 1 saturated heterocycles. The molecule has 6 heteroatoms. The average Bonchev–Trinajstić information content (AvgIpc) is 2.62. The number of rotatable bonds is 5. The molecule has 3 rings (SSSR count). The molecule has 1 fully saturated rings. The summed E-state index contributed by atoms with van der Waals surface area (Å²) in [6.07, 6.45) is 0.837. The maximum Gasteiger partial charge on any atom is 0.223 e. The third kappa shape index (κ3) is 4.35. The number of para-hydroxylation sites is 2. The minimum absolute atomic E-state index is 0.102. The molecule has 0 bridgehead atoms. The van der Waals surface area contributed by atoms with Gasteiger partial charge in [0.25, 0.3) is 0 Å². The third-order valence-corrected chi connectivity index (χ3v) is 4.10. The van der Waals surface area contributed by atoms with Crippen LogP contribution in [0.15, 0.2) is 48.5 Å². The highest BCUT2D eigenvalue weighted by Crippen LogP contribution is 2.27. The maximum absolute atomic E-state index is 13.8. The first-order valence-corrected chi connectivity index (χ1v) is 8.18. The second kappa shape index (κ2) is 7.79. The number of ether oxygens (including phenoxy) is 1. The molecule has 130 valence electrons. The normalized spacial score (nSPS) is 16.8. The molecule has 1 heterocycles. The molecule has 0 spiro atoms. The van der Waals surface area contributed by atoms with Crippen molar-refractivity contribution in [3.05, 3.63) is 59.9 Å². The van der Waals surface area contributed by atoms with Crippen LogP contribution in [0.3, 0.4) is 0 Å². The molecular formula is C19H19FN2O3. The molecule has 0 unspecified atom stereocenters. The van der Waals surface area contributed by atoms with Crippen LogP contribution in [-0.4, -0.2) is 18.4 Å². The van der Waals surface area contributed by atoms with Crippen LogP contribution in [-0.2, 0) is 16.1 Å². The summed E-state index contributed by atoms with van der Waals surface area (Å²) < 4.78 is 19.4. The maximum atomic E-state index is 13.8. The SMILES string of the molecule is O=C1C[C@@H](C(=O)NCc2ccccc2Oc2ccccc2F)CCN1. The van der Waals surface area contributed by atoms with Crippen LogP contribution in [0.5, 0.6) is 11.5 Å². The highest BCUT2D eigenvalue weighted by atomic mass is 19.1. The van der Waals surface area contributed by atoms with Gasteiger partial charge in [0.2, 0.25) is 11.8 Å². The molecule has 2 aromatic carbocycles. The van der Waals surface area contributed by atoms with Gasteiger partial charge in [0.15, 0.2) is 11.6 Å². The van der Waals surface area contributed by atoms with E-state index in [1.165, 1.54) is 6.07 Å². The van der Waals surface area contributed by atoms with E-state index in [0.717, 1.165) is 5.56 Å². The summed E-state index contributed by atoms with van der Waals surface area (Å²) in [7, 11) is 0. The second-order valence-corrected chi connectivity index (χ2v) is 5.90. The Morgan fingerprint density at radius 3 is 2.64 bits per heavy atom. The van der Waals surface area contributed by atoms with Crippen molar-refractivity contribution in [2.75, 3.05) is 6.54 Å². The Morgan fingerprint density at radius 2 is 1.88 bits per heavy atom. The molecule has 0 aromatic heterocycles. The van der Waals surface area contributed by atoms with E-state index in [0.29, 0.717) is 18.7 Å². The molecule has 0 aliphatic carbocycles. The van der Waals surface area contributed by atoms with Gasteiger partial charge in [-0.25, -0.2) is 4.39 Å². The summed E-state index contributed by atoms with van der Waals surface area (Å²) in [6.45, 7) is 0.769. The number of carbonyl (C=O) groups is 2. The number of nitrogens with one attached hydrogen (secondary N) is 2. The minimum atomic E-state index is -0.449. The van der Waals surface area contributed by atoms with Gasteiger partial charge in [-0.1, -0.05) is 30.3 Å². The Hall–Kier alpha value is -2.89. The van der Waals surface area contributed by atoms with E-state index in [1.54, 1.807) is 30.3 Å². The van der Waals surface area contributed by atoms with Gasteiger partial charge in [0.1, 0.15) is 5.75 Å². The van der Waals surface area contributed by atoms with E-state index in [-0.39, 0.29) is 36.4 Å². The lowest BCUT2D eigenvalue weighted by Gasteiger charge is -2.21. The fourth-order valence-corrected chi connectivity index (χ4v) is 2.73. The van der Waals surface area contributed by atoms with Crippen molar-refractivity contribution < 1.29 is 18.7 Å². The Bertz CT molecular complexity index is 779. The van der Waals surface area contributed by atoms with Crippen molar-refractivity contribution in [3.8, 4) is 11.5 Å². The highest BCUT2D eigenvalue weighted by molar-refractivity contribution is 5.86. The van der Waals surface area contributed by atoms with E-state index in [9.17, 15) is 14.0 Å². The van der Waals surface area contributed by atoms with Crippen molar-refractivity contribution >= 4 is 11.8 Å². The molecule has 2 N–H and O–H groups in total. The van der Waals surface area contributed by atoms with Gasteiger partial charge in [-0.15, -0.1) is 0 Å². The summed E-state index contributed by atoms with van der Waals surface area (Å²) in [5.41, 5.74) is 0.736. The lowest BCUT2D eigenvalue weighted by Crippen LogP contribution is -2.40. The molecule has 1 aliphatic rings. The topological polar surface area (TPSA) is 67.4 Å². The Morgan fingerprint density at radius 1 is 1.16 bits per heavy atom. The first-order chi connectivity index (χ1) is 12.1. The van der Waals surface area contributed by atoms with Gasteiger partial charge in [0.05, 0.1) is 0 Å². The summed E-state index contributed by atoms with van der Waals surface area (Å²) in [4.78, 5) is 23.6. The molecule has 1 atom stereocenters. The number of carbonyl (C=O) groups excluding carboxylic acids is 2. The minimum Gasteiger partial charge on any atom is -0.454 e. The molecule has 5 nitrogen and oxygen atoms in total. The zero-order valence-electron chi connectivity index (χ0n) is 13.6. The quantitative estimate of drug-likeness (QED) is 0.878. The fraction of sp³-hybridized carbons (Fsp3) is 0.263. The molecular weight excluding hydrogens is 323 g/mol.